The average Bonchev–Trinajstić information content (AvgIpc) is 2.88. The molecule has 1 heterocycles. The highest BCUT2D eigenvalue weighted by Gasteiger charge is 2.32. The molecule has 0 bridgehead atoms. The van der Waals surface area contributed by atoms with Crippen molar-refractivity contribution >= 4 is 17.7 Å². The molecule has 0 aliphatic carbocycles. The molecule has 2 aromatic carbocycles. The van der Waals surface area contributed by atoms with E-state index in [1.165, 1.54) is 30.5 Å². The minimum Gasteiger partial charge on any atom is -0.487 e. The molecule has 0 saturated carbocycles. The number of benzene rings is 2. The van der Waals surface area contributed by atoms with Crippen LogP contribution in [0.15, 0.2) is 54.7 Å². The van der Waals surface area contributed by atoms with Gasteiger partial charge < -0.3 is 14.6 Å². The van der Waals surface area contributed by atoms with Crippen LogP contribution in [0.1, 0.15) is 59.1 Å². The Morgan fingerprint density at radius 3 is 2.34 bits per heavy atom. The molecule has 0 radical (unpaired) electrons. The summed E-state index contributed by atoms with van der Waals surface area (Å²) in [6, 6.07) is 17.0. The summed E-state index contributed by atoms with van der Waals surface area (Å²) < 4.78 is 11.6. The predicted molar refractivity (Wildman–Crippen MR) is 139 cm³/mol. The summed E-state index contributed by atoms with van der Waals surface area (Å²) in [6.45, 7) is 6.58. The number of pyridine rings is 1. The Bertz CT molecular complexity index is 1410. The summed E-state index contributed by atoms with van der Waals surface area (Å²) in [5.41, 5.74) is 1.83. The Hall–Kier alpha value is -4.73. The zero-order chi connectivity index (χ0) is 27.9. The molecule has 1 N–H and O–H groups in total. The number of aliphatic hydroxyl groups is 1. The lowest BCUT2D eigenvalue weighted by molar-refractivity contribution is 0.0564. The molecule has 1 aromatic heterocycles. The quantitative estimate of drug-likeness (QED) is 0.475. The second kappa shape index (κ2) is 12.0. The van der Waals surface area contributed by atoms with E-state index in [4.69, 9.17) is 20.0 Å². The second-order valence-corrected chi connectivity index (χ2v) is 9.42. The van der Waals surface area contributed by atoms with E-state index in [0.29, 0.717) is 28.1 Å². The lowest BCUT2D eigenvalue weighted by Crippen LogP contribution is -2.41. The van der Waals surface area contributed by atoms with Gasteiger partial charge in [0, 0.05) is 24.8 Å². The monoisotopic (exact) mass is 512 g/mol. The smallest absolute Gasteiger partial charge is 0.422 e. The van der Waals surface area contributed by atoms with E-state index < -0.39 is 17.6 Å². The summed E-state index contributed by atoms with van der Waals surface area (Å²) >= 11 is 0. The number of nitriles is 2. The molecule has 3 rings (SSSR count). The van der Waals surface area contributed by atoms with Gasteiger partial charge in [0.05, 0.1) is 40.2 Å². The first kappa shape index (κ1) is 27.9. The fraction of sp³-hybridized carbons (Fsp3) is 0.276. The number of carbonyl (C=O) groups is 2. The first-order chi connectivity index (χ1) is 18.1. The van der Waals surface area contributed by atoms with Crippen molar-refractivity contribution in [3.8, 4) is 17.9 Å². The van der Waals surface area contributed by atoms with E-state index in [1.807, 2.05) is 6.07 Å². The number of carbonyl (C=O) groups excluding carboxylic acids is 2. The molecule has 194 valence electrons. The Morgan fingerprint density at radius 1 is 1.05 bits per heavy atom. The van der Waals surface area contributed by atoms with Crippen molar-refractivity contribution in [3.63, 3.8) is 0 Å². The molecule has 0 fully saturated rings. The van der Waals surface area contributed by atoms with Crippen LogP contribution in [0.2, 0.25) is 0 Å². The van der Waals surface area contributed by atoms with Crippen molar-refractivity contribution in [3.05, 3.63) is 88.2 Å². The van der Waals surface area contributed by atoms with Gasteiger partial charge in [0.15, 0.2) is 0 Å². The van der Waals surface area contributed by atoms with Gasteiger partial charge in [-0.3, -0.25) is 9.78 Å². The van der Waals surface area contributed by atoms with Gasteiger partial charge in [-0.25, -0.2) is 9.69 Å². The number of nitrogens with zero attached hydrogens (tertiary/aromatic N) is 4. The van der Waals surface area contributed by atoms with Crippen LogP contribution in [0, 0.1) is 29.6 Å². The van der Waals surface area contributed by atoms with Crippen molar-refractivity contribution in [2.45, 2.75) is 46.3 Å². The Balaban J connectivity index is 2.06. The summed E-state index contributed by atoms with van der Waals surface area (Å²) in [4.78, 5) is 32.3. The molecule has 9 heteroatoms. The number of ether oxygens (including phenoxy) is 2. The average molecular weight is 513 g/mol. The van der Waals surface area contributed by atoms with E-state index in [1.54, 1.807) is 52.0 Å². The van der Waals surface area contributed by atoms with Gasteiger partial charge in [-0.15, -0.1) is 0 Å². The molecule has 3 aromatic rings. The summed E-state index contributed by atoms with van der Waals surface area (Å²) in [6.07, 6.45) is 0.499. The number of aliphatic hydroxyl groups excluding tert-OH is 1. The lowest BCUT2D eigenvalue weighted by atomic mass is 10.0. The maximum atomic E-state index is 13.9. The normalized spacial score (nSPS) is 10.7. The van der Waals surface area contributed by atoms with E-state index in [-0.39, 0.29) is 30.9 Å². The van der Waals surface area contributed by atoms with Crippen LogP contribution < -0.4 is 9.64 Å². The first-order valence-electron chi connectivity index (χ1n) is 11.9. The zero-order valence-electron chi connectivity index (χ0n) is 21.7. The summed E-state index contributed by atoms with van der Waals surface area (Å²) in [5.74, 6) is -0.424. The molecule has 0 aliphatic heterocycles. The van der Waals surface area contributed by atoms with Gasteiger partial charge in [-0.2, -0.15) is 10.5 Å². The lowest BCUT2D eigenvalue weighted by Gasteiger charge is -2.27. The number of anilines is 1. The third kappa shape index (κ3) is 6.73. The minimum absolute atomic E-state index is 0.0562. The topological polar surface area (TPSA) is 137 Å². The fourth-order valence-electron chi connectivity index (χ4n) is 3.68. The molecule has 0 aliphatic rings. The van der Waals surface area contributed by atoms with Crippen molar-refractivity contribution in [1.82, 2.24) is 4.98 Å². The van der Waals surface area contributed by atoms with Gasteiger partial charge in [0.25, 0.3) is 5.91 Å². The van der Waals surface area contributed by atoms with Crippen LogP contribution in [0.5, 0.6) is 5.75 Å². The van der Waals surface area contributed by atoms with Crippen molar-refractivity contribution in [2.75, 3.05) is 11.5 Å². The highest BCUT2D eigenvalue weighted by atomic mass is 16.6. The van der Waals surface area contributed by atoms with Crippen LogP contribution in [0.3, 0.4) is 0 Å². The molecule has 0 unspecified atom stereocenters. The number of aromatic nitrogens is 1. The van der Waals surface area contributed by atoms with Crippen LogP contribution in [-0.4, -0.2) is 34.3 Å². The molecular formula is C29H28N4O5. The third-order valence-corrected chi connectivity index (χ3v) is 5.38. The molecule has 9 nitrogen and oxygen atoms in total. The van der Waals surface area contributed by atoms with E-state index in [0.717, 1.165) is 10.5 Å². The molecule has 0 atom stereocenters. The van der Waals surface area contributed by atoms with E-state index >= 15 is 0 Å². The Labute approximate surface area is 221 Å². The standard InChI is InChI=1S/C29H28N4O5/c1-19-26(37-18-22-7-5-6-21(14-22)16-31)24(12-13-34)25(17-32-19)27(35)33(28(36)38-29(2,3)4)23-10-8-20(15-30)9-11-23/h5-11,14,17,34H,12-13,18H2,1-4H3. The summed E-state index contributed by atoms with van der Waals surface area (Å²) in [5, 5.41) is 28.1. The molecular weight excluding hydrogens is 484 g/mol. The minimum atomic E-state index is -0.904. The summed E-state index contributed by atoms with van der Waals surface area (Å²) in [7, 11) is 0. The number of hydrogen-bond donors (Lipinski definition) is 1. The van der Waals surface area contributed by atoms with Gasteiger partial charge in [-0.05, 0) is 69.7 Å². The van der Waals surface area contributed by atoms with Gasteiger partial charge >= 0.3 is 6.09 Å². The van der Waals surface area contributed by atoms with Crippen LogP contribution in [-0.2, 0) is 17.8 Å². The van der Waals surface area contributed by atoms with E-state index in [9.17, 15) is 14.7 Å². The maximum absolute atomic E-state index is 13.9. The number of amides is 2. The van der Waals surface area contributed by atoms with Gasteiger partial charge in [0.2, 0.25) is 0 Å². The van der Waals surface area contributed by atoms with Crippen LogP contribution in [0.4, 0.5) is 10.5 Å². The van der Waals surface area contributed by atoms with E-state index in [2.05, 4.69) is 11.1 Å². The number of imide groups is 1. The van der Waals surface area contributed by atoms with Crippen LogP contribution in [0.25, 0.3) is 0 Å². The Kier molecular flexibility index (Phi) is 8.80. The molecule has 38 heavy (non-hydrogen) atoms. The Morgan fingerprint density at radius 2 is 1.74 bits per heavy atom. The number of rotatable bonds is 7. The van der Waals surface area contributed by atoms with Gasteiger partial charge in [-0.1, -0.05) is 12.1 Å². The maximum Gasteiger partial charge on any atom is 0.422 e. The fourth-order valence-corrected chi connectivity index (χ4v) is 3.68. The zero-order valence-corrected chi connectivity index (χ0v) is 21.7. The first-order valence-corrected chi connectivity index (χ1v) is 11.9. The van der Waals surface area contributed by atoms with Crippen molar-refractivity contribution in [1.29, 1.82) is 10.5 Å². The molecule has 0 spiro atoms. The van der Waals surface area contributed by atoms with Crippen molar-refractivity contribution < 1.29 is 24.2 Å². The SMILES string of the molecule is Cc1ncc(C(=O)N(C(=O)OC(C)(C)C)c2ccc(C#N)cc2)c(CCO)c1OCc1cccc(C#N)c1. The number of aryl methyl sites for hydroxylation is 1. The number of hydrogen-bond acceptors (Lipinski definition) is 8. The third-order valence-electron chi connectivity index (χ3n) is 5.38. The molecule has 2 amide bonds. The van der Waals surface area contributed by atoms with Crippen molar-refractivity contribution in [2.24, 2.45) is 0 Å². The highest BCUT2D eigenvalue weighted by Crippen LogP contribution is 2.30. The highest BCUT2D eigenvalue weighted by molar-refractivity contribution is 6.20. The van der Waals surface area contributed by atoms with Gasteiger partial charge in [0.1, 0.15) is 18.0 Å². The second-order valence-electron chi connectivity index (χ2n) is 9.42. The predicted octanol–water partition coefficient (Wildman–Crippen LogP) is 4.83. The largest absolute Gasteiger partial charge is 0.487 e. The van der Waals surface area contributed by atoms with Crippen LogP contribution >= 0.6 is 0 Å². The molecule has 0 saturated heterocycles.